The Morgan fingerprint density at radius 1 is 1.43 bits per heavy atom. The van der Waals surface area contributed by atoms with Crippen LogP contribution in [0.25, 0.3) is 0 Å². The number of amides is 2. The van der Waals surface area contributed by atoms with Crippen molar-refractivity contribution in [3.63, 3.8) is 0 Å². The minimum absolute atomic E-state index is 0.0993. The zero-order chi connectivity index (χ0) is 16.7. The van der Waals surface area contributed by atoms with E-state index >= 15 is 0 Å². The Kier molecular flexibility index (Phi) is 6.24. The van der Waals surface area contributed by atoms with E-state index in [-0.39, 0.29) is 29.9 Å². The Morgan fingerprint density at radius 3 is 2.83 bits per heavy atom. The summed E-state index contributed by atoms with van der Waals surface area (Å²) in [6.07, 6.45) is 1.12. The third kappa shape index (κ3) is 4.60. The lowest BCUT2D eigenvalue weighted by Crippen LogP contribution is -2.32. The molecule has 1 aromatic carbocycles. The second-order valence-electron chi connectivity index (χ2n) is 5.21. The van der Waals surface area contributed by atoms with Crippen LogP contribution in [-0.2, 0) is 9.59 Å². The summed E-state index contributed by atoms with van der Waals surface area (Å²) < 4.78 is 0. The largest absolute Gasteiger partial charge is 0.355 e. The van der Waals surface area contributed by atoms with E-state index < -0.39 is 0 Å². The molecule has 23 heavy (non-hydrogen) atoms. The van der Waals surface area contributed by atoms with E-state index in [1.165, 1.54) is 11.8 Å². The van der Waals surface area contributed by atoms with E-state index in [2.05, 4.69) is 16.7 Å². The lowest BCUT2D eigenvalue weighted by atomic mass is 9.87. The predicted octanol–water partition coefficient (Wildman–Crippen LogP) is 2.28. The highest BCUT2D eigenvalue weighted by molar-refractivity contribution is 8.03. The molecule has 6 heteroatoms. The molecule has 1 atom stereocenters. The molecule has 1 aromatic rings. The summed E-state index contributed by atoms with van der Waals surface area (Å²) in [7, 11) is 0. The maximum absolute atomic E-state index is 12.0. The number of hydrogen-bond donors (Lipinski definition) is 2. The van der Waals surface area contributed by atoms with Crippen molar-refractivity contribution in [2.75, 3.05) is 12.3 Å². The summed E-state index contributed by atoms with van der Waals surface area (Å²) in [5, 5.41) is 15.5. The maximum Gasteiger partial charge on any atom is 0.230 e. The van der Waals surface area contributed by atoms with Crippen molar-refractivity contribution in [3.8, 4) is 6.07 Å². The summed E-state index contributed by atoms with van der Waals surface area (Å²) in [5.41, 5.74) is 1.46. The monoisotopic (exact) mass is 329 g/mol. The lowest BCUT2D eigenvalue weighted by Gasteiger charge is -2.25. The number of carbonyl (C=O) groups excluding carboxylic acids is 2. The first-order chi connectivity index (χ1) is 11.2. The normalized spacial score (nSPS) is 17.4. The van der Waals surface area contributed by atoms with Gasteiger partial charge in [0.1, 0.15) is 0 Å². The summed E-state index contributed by atoms with van der Waals surface area (Å²) >= 11 is 1.20. The van der Waals surface area contributed by atoms with Crippen LogP contribution in [0.3, 0.4) is 0 Å². The Labute approximate surface area is 140 Å². The van der Waals surface area contributed by atoms with E-state index in [1.54, 1.807) is 0 Å². The average molecular weight is 329 g/mol. The number of rotatable bonds is 6. The number of thioether (sulfide) groups is 1. The van der Waals surface area contributed by atoms with Crippen molar-refractivity contribution < 1.29 is 9.59 Å². The fourth-order valence-corrected chi connectivity index (χ4v) is 3.26. The quantitative estimate of drug-likeness (QED) is 0.839. The molecular weight excluding hydrogens is 310 g/mol. The molecule has 1 heterocycles. The number of benzene rings is 1. The Hall–Kier alpha value is -2.26. The highest BCUT2D eigenvalue weighted by atomic mass is 32.2. The molecule has 120 valence electrons. The van der Waals surface area contributed by atoms with Gasteiger partial charge in [-0.1, -0.05) is 49.0 Å². The maximum atomic E-state index is 12.0. The Balaban J connectivity index is 2.17. The molecular formula is C17H19N3O2S. The highest BCUT2D eigenvalue weighted by Crippen LogP contribution is 2.35. The SMILES string of the molecule is CCCNC(=O)CSC1=C(C#N)[C@@H](c2ccccc2)CC(=O)N1. The van der Waals surface area contributed by atoms with Crippen LogP contribution in [0.15, 0.2) is 40.9 Å². The minimum Gasteiger partial charge on any atom is -0.355 e. The molecule has 0 spiro atoms. The van der Waals surface area contributed by atoms with Gasteiger partial charge in [0, 0.05) is 18.9 Å². The van der Waals surface area contributed by atoms with Crippen molar-refractivity contribution in [1.82, 2.24) is 10.6 Å². The van der Waals surface area contributed by atoms with Crippen molar-refractivity contribution in [2.24, 2.45) is 0 Å². The van der Waals surface area contributed by atoms with Gasteiger partial charge in [-0.3, -0.25) is 9.59 Å². The molecule has 2 amide bonds. The second kappa shape index (κ2) is 8.39. The lowest BCUT2D eigenvalue weighted by molar-refractivity contribution is -0.121. The molecule has 0 radical (unpaired) electrons. The third-order valence-electron chi connectivity index (χ3n) is 3.48. The topological polar surface area (TPSA) is 82.0 Å². The van der Waals surface area contributed by atoms with Crippen LogP contribution >= 0.6 is 11.8 Å². The van der Waals surface area contributed by atoms with Gasteiger partial charge in [0.25, 0.3) is 0 Å². The van der Waals surface area contributed by atoms with Crippen LogP contribution in [0.5, 0.6) is 0 Å². The molecule has 0 saturated carbocycles. The number of allylic oxidation sites excluding steroid dienone is 1. The molecule has 5 nitrogen and oxygen atoms in total. The van der Waals surface area contributed by atoms with E-state index in [0.29, 0.717) is 17.1 Å². The van der Waals surface area contributed by atoms with Crippen molar-refractivity contribution in [3.05, 3.63) is 46.5 Å². The molecule has 0 bridgehead atoms. The molecule has 0 saturated heterocycles. The second-order valence-corrected chi connectivity index (χ2v) is 6.19. The molecule has 2 rings (SSSR count). The van der Waals surface area contributed by atoms with Gasteiger partial charge >= 0.3 is 0 Å². The van der Waals surface area contributed by atoms with Gasteiger partial charge < -0.3 is 10.6 Å². The highest BCUT2D eigenvalue weighted by Gasteiger charge is 2.29. The fraction of sp³-hybridized carbons (Fsp3) is 0.353. The van der Waals surface area contributed by atoms with Gasteiger partial charge in [0.2, 0.25) is 11.8 Å². The van der Waals surface area contributed by atoms with E-state index in [1.807, 2.05) is 37.3 Å². The van der Waals surface area contributed by atoms with Crippen molar-refractivity contribution >= 4 is 23.6 Å². The van der Waals surface area contributed by atoms with Gasteiger partial charge in [0.15, 0.2) is 0 Å². The first kappa shape index (κ1) is 17.1. The molecule has 1 aliphatic heterocycles. The molecule has 1 aliphatic rings. The minimum atomic E-state index is -0.254. The molecule has 0 aliphatic carbocycles. The first-order valence-electron chi connectivity index (χ1n) is 7.54. The predicted molar refractivity (Wildman–Crippen MR) is 90.3 cm³/mol. The van der Waals surface area contributed by atoms with Gasteiger partial charge in [-0.25, -0.2) is 0 Å². The average Bonchev–Trinajstić information content (AvgIpc) is 2.58. The summed E-state index contributed by atoms with van der Waals surface area (Å²) in [6, 6.07) is 11.7. The standard InChI is InChI=1S/C17H19N3O2S/c1-2-8-19-16(22)11-23-17-14(10-18)13(9-15(21)20-17)12-6-4-3-5-7-12/h3-7,13H,2,8-9,11H2,1H3,(H,19,22)(H,20,21)/t13-/m1/s1. The Morgan fingerprint density at radius 2 is 2.17 bits per heavy atom. The molecule has 0 aromatic heterocycles. The van der Waals surface area contributed by atoms with Crippen LogP contribution < -0.4 is 10.6 Å². The summed E-state index contributed by atoms with van der Waals surface area (Å²) in [4.78, 5) is 23.7. The zero-order valence-corrected chi connectivity index (χ0v) is 13.8. The zero-order valence-electron chi connectivity index (χ0n) is 13.0. The van der Waals surface area contributed by atoms with Crippen molar-refractivity contribution in [2.45, 2.75) is 25.7 Å². The molecule has 2 N–H and O–H groups in total. The third-order valence-corrected chi connectivity index (χ3v) is 4.49. The van der Waals surface area contributed by atoms with Gasteiger partial charge in [0.05, 0.1) is 22.4 Å². The smallest absolute Gasteiger partial charge is 0.230 e. The first-order valence-corrected chi connectivity index (χ1v) is 8.52. The van der Waals surface area contributed by atoms with Gasteiger partial charge in [-0.05, 0) is 12.0 Å². The number of nitriles is 1. The van der Waals surface area contributed by atoms with E-state index in [4.69, 9.17) is 0 Å². The van der Waals surface area contributed by atoms with Crippen LogP contribution in [0, 0.1) is 11.3 Å². The van der Waals surface area contributed by atoms with Crippen LogP contribution in [0.2, 0.25) is 0 Å². The van der Waals surface area contributed by atoms with E-state index in [9.17, 15) is 14.9 Å². The van der Waals surface area contributed by atoms with Gasteiger partial charge in [-0.15, -0.1) is 0 Å². The number of nitrogens with zero attached hydrogens (tertiary/aromatic N) is 1. The van der Waals surface area contributed by atoms with Crippen molar-refractivity contribution in [1.29, 1.82) is 5.26 Å². The van der Waals surface area contributed by atoms with E-state index in [0.717, 1.165) is 12.0 Å². The van der Waals surface area contributed by atoms with Crippen LogP contribution in [0.4, 0.5) is 0 Å². The Bertz CT molecular complexity index is 650. The number of nitrogens with one attached hydrogen (secondary N) is 2. The number of hydrogen-bond acceptors (Lipinski definition) is 4. The van der Waals surface area contributed by atoms with Crippen LogP contribution in [0.1, 0.15) is 31.2 Å². The molecule has 0 fully saturated rings. The number of carbonyl (C=O) groups is 2. The van der Waals surface area contributed by atoms with Gasteiger partial charge in [-0.2, -0.15) is 5.26 Å². The summed E-state index contributed by atoms with van der Waals surface area (Å²) in [5.74, 6) is -0.300. The molecule has 0 unspecified atom stereocenters. The summed E-state index contributed by atoms with van der Waals surface area (Å²) in [6.45, 7) is 2.61. The fourth-order valence-electron chi connectivity index (χ4n) is 2.36. The van der Waals surface area contributed by atoms with Crippen LogP contribution in [-0.4, -0.2) is 24.1 Å².